The van der Waals surface area contributed by atoms with Crippen molar-refractivity contribution >= 4 is 29.0 Å². The summed E-state index contributed by atoms with van der Waals surface area (Å²) in [5.74, 6) is 0.569. The van der Waals surface area contributed by atoms with Gasteiger partial charge in [0, 0.05) is 23.6 Å². The molecule has 1 aliphatic rings. The summed E-state index contributed by atoms with van der Waals surface area (Å²) >= 11 is 5.54. The SMILES string of the molecule is O=C1Cc2cc(C(=O)CCCCl)ccc2N1. The second kappa shape index (κ2) is 4.66. The third-order valence-electron chi connectivity index (χ3n) is 2.59. The summed E-state index contributed by atoms with van der Waals surface area (Å²) in [6, 6.07) is 5.33. The number of benzene rings is 1. The van der Waals surface area contributed by atoms with Gasteiger partial charge >= 0.3 is 0 Å². The van der Waals surface area contributed by atoms with E-state index in [1.807, 2.05) is 0 Å². The number of hydrogen-bond donors (Lipinski definition) is 1. The van der Waals surface area contributed by atoms with E-state index in [0.29, 0.717) is 30.7 Å². The van der Waals surface area contributed by atoms with Crippen molar-refractivity contribution in [2.45, 2.75) is 19.3 Å². The van der Waals surface area contributed by atoms with Crippen LogP contribution in [0.25, 0.3) is 0 Å². The molecule has 1 N–H and O–H groups in total. The number of alkyl halides is 1. The minimum absolute atomic E-state index is 0.0136. The van der Waals surface area contributed by atoms with E-state index >= 15 is 0 Å². The van der Waals surface area contributed by atoms with Crippen molar-refractivity contribution in [2.75, 3.05) is 11.2 Å². The molecule has 0 unspecified atom stereocenters. The van der Waals surface area contributed by atoms with Crippen LogP contribution in [0, 0.1) is 0 Å². The number of hydrogen-bond acceptors (Lipinski definition) is 2. The lowest BCUT2D eigenvalue weighted by Crippen LogP contribution is -2.03. The minimum Gasteiger partial charge on any atom is -0.326 e. The zero-order valence-corrected chi connectivity index (χ0v) is 9.51. The highest BCUT2D eigenvalue weighted by Crippen LogP contribution is 2.24. The first-order valence-electron chi connectivity index (χ1n) is 5.22. The maximum atomic E-state index is 11.7. The summed E-state index contributed by atoms with van der Waals surface area (Å²) < 4.78 is 0. The smallest absolute Gasteiger partial charge is 0.228 e. The highest BCUT2D eigenvalue weighted by Gasteiger charge is 2.18. The summed E-state index contributed by atoms with van der Waals surface area (Å²) in [4.78, 5) is 22.9. The highest BCUT2D eigenvalue weighted by molar-refractivity contribution is 6.18. The first kappa shape index (κ1) is 11.1. The van der Waals surface area contributed by atoms with Crippen molar-refractivity contribution in [3.8, 4) is 0 Å². The fourth-order valence-corrected chi connectivity index (χ4v) is 1.91. The molecule has 0 bridgehead atoms. The summed E-state index contributed by atoms with van der Waals surface area (Å²) in [5, 5.41) is 2.74. The van der Waals surface area contributed by atoms with Gasteiger partial charge in [-0.1, -0.05) is 0 Å². The minimum atomic E-state index is -0.0136. The number of ketones is 1. The van der Waals surface area contributed by atoms with E-state index in [4.69, 9.17) is 11.6 Å². The molecule has 1 heterocycles. The summed E-state index contributed by atoms with van der Waals surface area (Å²) in [6.45, 7) is 0. The van der Waals surface area contributed by atoms with E-state index in [2.05, 4.69) is 5.32 Å². The number of halogens is 1. The van der Waals surface area contributed by atoms with Crippen LogP contribution in [0.15, 0.2) is 18.2 Å². The molecular weight excluding hydrogens is 226 g/mol. The molecule has 4 heteroatoms. The molecule has 1 aromatic rings. The van der Waals surface area contributed by atoms with Crippen molar-refractivity contribution in [3.63, 3.8) is 0 Å². The van der Waals surface area contributed by atoms with Crippen molar-refractivity contribution in [3.05, 3.63) is 29.3 Å². The fourth-order valence-electron chi connectivity index (χ4n) is 1.77. The van der Waals surface area contributed by atoms with Gasteiger partial charge in [0.2, 0.25) is 5.91 Å². The van der Waals surface area contributed by atoms with Crippen LogP contribution in [-0.2, 0) is 11.2 Å². The van der Waals surface area contributed by atoms with Crippen LogP contribution >= 0.6 is 11.6 Å². The number of amides is 1. The zero-order chi connectivity index (χ0) is 11.5. The second-order valence-electron chi connectivity index (χ2n) is 3.81. The number of rotatable bonds is 4. The van der Waals surface area contributed by atoms with E-state index in [1.165, 1.54) is 0 Å². The van der Waals surface area contributed by atoms with E-state index in [-0.39, 0.29) is 11.7 Å². The average molecular weight is 238 g/mol. The molecule has 3 nitrogen and oxygen atoms in total. The predicted molar refractivity (Wildman–Crippen MR) is 63.1 cm³/mol. The Labute approximate surface area is 98.8 Å². The molecule has 0 radical (unpaired) electrons. The molecule has 0 atom stereocenters. The molecule has 1 aliphatic heterocycles. The lowest BCUT2D eigenvalue weighted by Gasteiger charge is -2.02. The molecule has 84 valence electrons. The van der Waals surface area contributed by atoms with Crippen molar-refractivity contribution in [2.24, 2.45) is 0 Å². The topological polar surface area (TPSA) is 46.2 Å². The van der Waals surface area contributed by atoms with E-state index in [0.717, 1.165) is 11.3 Å². The first-order chi connectivity index (χ1) is 7.70. The molecule has 0 aromatic heterocycles. The van der Waals surface area contributed by atoms with Gasteiger partial charge in [0.25, 0.3) is 0 Å². The Morgan fingerprint density at radius 3 is 3.00 bits per heavy atom. The Bertz CT molecular complexity index is 443. The van der Waals surface area contributed by atoms with Gasteiger partial charge in [-0.25, -0.2) is 0 Å². The largest absolute Gasteiger partial charge is 0.326 e. The number of Topliss-reactive ketones (excluding diaryl/α,β-unsaturated/α-hetero) is 1. The Hall–Kier alpha value is -1.35. The van der Waals surface area contributed by atoms with Crippen LogP contribution in [-0.4, -0.2) is 17.6 Å². The maximum Gasteiger partial charge on any atom is 0.228 e. The van der Waals surface area contributed by atoms with Gasteiger partial charge in [0.15, 0.2) is 5.78 Å². The van der Waals surface area contributed by atoms with E-state index in [1.54, 1.807) is 18.2 Å². The molecule has 1 aromatic carbocycles. The Balaban J connectivity index is 2.16. The molecule has 0 fully saturated rings. The predicted octanol–water partition coefficient (Wildman–Crippen LogP) is 2.38. The normalized spacial score (nSPS) is 13.4. The summed E-state index contributed by atoms with van der Waals surface area (Å²) in [5.41, 5.74) is 2.39. The second-order valence-corrected chi connectivity index (χ2v) is 4.19. The third-order valence-corrected chi connectivity index (χ3v) is 2.86. The van der Waals surface area contributed by atoms with Crippen molar-refractivity contribution in [1.82, 2.24) is 0 Å². The molecule has 1 amide bonds. The van der Waals surface area contributed by atoms with E-state index in [9.17, 15) is 9.59 Å². The van der Waals surface area contributed by atoms with Crippen molar-refractivity contribution < 1.29 is 9.59 Å². The number of carbonyl (C=O) groups is 2. The molecule has 0 saturated heterocycles. The standard InChI is InChI=1S/C12H12ClNO2/c13-5-1-2-11(15)8-3-4-10-9(6-8)7-12(16)14-10/h3-4,6H,1-2,5,7H2,(H,14,16). The molecular formula is C12H12ClNO2. The van der Waals surface area contributed by atoms with Gasteiger partial charge < -0.3 is 5.32 Å². The molecule has 16 heavy (non-hydrogen) atoms. The molecule has 0 saturated carbocycles. The third kappa shape index (κ3) is 2.25. The molecule has 0 spiro atoms. The number of anilines is 1. The number of carbonyl (C=O) groups excluding carboxylic acids is 2. The van der Waals surface area contributed by atoms with Gasteiger partial charge in [-0.05, 0) is 30.2 Å². The zero-order valence-electron chi connectivity index (χ0n) is 8.75. The van der Waals surface area contributed by atoms with Gasteiger partial charge in [0.05, 0.1) is 6.42 Å². The average Bonchev–Trinajstić information content (AvgIpc) is 2.64. The Morgan fingerprint density at radius 1 is 1.44 bits per heavy atom. The Kier molecular flexibility index (Phi) is 3.25. The van der Waals surface area contributed by atoms with Crippen LogP contribution in [0.4, 0.5) is 5.69 Å². The quantitative estimate of drug-likeness (QED) is 0.646. The van der Waals surface area contributed by atoms with Crippen LogP contribution in [0.2, 0.25) is 0 Å². The van der Waals surface area contributed by atoms with Gasteiger partial charge in [-0.15, -0.1) is 11.6 Å². The van der Waals surface area contributed by atoms with Gasteiger partial charge in [-0.3, -0.25) is 9.59 Å². The first-order valence-corrected chi connectivity index (χ1v) is 5.76. The van der Waals surface area contributed by atoms with E-state index < -0.39 is 0 Å². The lowest BCUT2D eigenvalue weighted by molar-refractivity contribution is -0.115. The Morgan fingerprint density at radius 2 is 2.25 bits per heavy atom. The van der Waals surface area contributed by atoms with Gasteiger partial charge in [-0.2, -0.15) is 0 Å². The van der Waals surface area contributed by atoms with Crippen LogP contribution < -0.4 is 5.32 Å². The van der Waals surface area contributed by atoms with Crippen LogP contribution in [0.5, 0.6) is 0 Å². The summed E-state index contributed by atoms with van der Waals surface area (Å²) in [7, 11) is 0. The highest BCUT2D eigenvalue weighted by atomic mass is 35.5. The molecule has 0 aliphatic carbocycles. The fraction of sp³-hybridized carbons (Fsp3) is 0.333. The monoisotopic (exact) mass is 237 g/mol. The number of nitrogens with one attached hydrogen (secondary N) is 1. The lowest BCUT2D eigenvalue weighted by atomic mass is 10.0. The molecule has 2 rings (SSSR count). The van der Waals surface area contributed by atoms with Crippen LogP contribution in [0.1, 0.15) is 28.8 Å². The summed E-state index contributed by atoms with van der Waals surface area (Å²) in [6.07, 6.45) is 1.52. The number of fused-ring (bicyclic) bond motifs is 1. The maximum absolute atomic E-state index is 11.7. The van der Waals surface area contributed by atoms with Crippen LogP contribution in [0.3, 0.4) is 0 Å². The van der Waals surface area contributed by atoms with Crippen molar-refractivity contribution in [1.29, 1.82) is 0 Å². The van der Waals surface area contributed by atoms with Gasteiger partial charge in [0.1, 0.15) is 0 Å².